The van der Waals surface area contributed by atoms with Crippen LogP contribution in [0.15, 0.2) is 54.6 Å². The number of benzene rings is 2. The smallest absolute Gasteiger partial charge is 0.127 e. The predicted octanol–water partition coefficient (Wildman–Crippen LogP) is 4.07. The molecule has 1 saturated heterocycles. The number of para-hydroxylation sites is 1. The summed E-state index contributed by atoms with van der Waals surface area (Å²) in [6.45, 7) is 9.60. The molecule has 1 fully saturated rings. The molecular formula is C23H32NO+. The van der Waals surface area contributed by atoms with E-state index in [1.165, 1.54) is 43.6 Å². The van der Waals surface area contributed by atoms with Gasteiger partial charge in [0.15, 0.2) is 0 Å². The highest BCUT2D eigenvalue weighted by Crippen LogP contribution is 2.29. The molecule has 2 atom stereocenters. The zero-order valence-corrected chi connectivity index (χ0v) is 15.7. The van der Waals surface area contributed by atoms with Gasteiger partial charge in [-0.15, -0.1) is 0 Å². The van der Waals surface area contributed by atoms with Crippen LogP contribution in [0.2, 0.25) is 0 Å². The maximum absolute atomic E-state index is 6.11. The van der Waals surface area contributed by atoms with Crippen LogP contribution in [0, 0.1) is 11.8 Å². The van der Waals surface area contributed by atoms with Crippen molar-refractivity contribution in [3.8, 4) is 16.9 Å². The minimum Gasteiger partial charge on any atom is -0.493 e. The van der Waals surface area contributed by atoms with Gasteiger partial charge in [-0.2, -0.15) is 0 Å². The van der Waals surface area contributed by atoms with Crippen LogP contribution in [0.1, 0.15) is 33.1 Å². The van der Waals surface area contributed by atoms with Gasteiger partial charge in [0, 0.05) is 17.4 Å². The molecular weight excluding hydrogens is 306 g/mol. The Bertz CT molecular complexity index is 630. The summed E-state index contributed by atoms with van der Waals surface area (Å²) >= 11 is 0. The van der Waals surface area contributed by atoms with Gasteiger partial charge < -0.3 is 9.64 Å². The molecule has 0 aliphatic carbocycles. The van der Waals surface area contributed by atoms with Gasteiger partial charge in [0.25, 0.3) is 0 Å². The average molecular weight is 339 g/mol. The summed E-state index contributed by atoms with van der Waals surface area (Å²) in [5.41, 5.74) is 2.41. The Morgan fingerprint density at radius 3 is 2.32 bits per heavy atom. The number of likely N-dealkylation sites (tertiary alicyclic amines) is 1. The lowest BCUT2D eigenvalue weighted by molar-refractivity contribution is -0.912. The molecule has 134 valence electrons. The maximum Gasteiger partial charge on any atom is 0.127 e. The highest BCUT2D eigenvalue weighted by Gasteiger charge is 2.24. The zero-order valence-electron chi connectivity index (χ0n) is 15.7. The van der Waals surface area contributed by atoms with E-state index in [9.17, 15) is 0 Å². The molecule has 0 amide bonds. The second-order valence-electron chi connectivity index (χ2n) is 7.77. The summed E-state index contributed by atoms with van der Waals surface area (Å²) in [5.74, 6) is 2.77. The molecule has 0 aromatic heterocycles. The highest BCUT2D eigenvalue weighted by atomic mass is 16.5. The van der Waals surface area contributed by atoms with Crippen LogP contribution in [0.4, 0.5) is 0 Å². The van der Waals surface area contributed by atoms with Crippen molar-refractivity contribution in [3.63, 3.8) is 0 Å². The molecule has 1 aliphatic heterocycles. The molecule has 2 aromatic carbocycles. The van der Waals surface area contributed by atoms with Gasteiger partial charge in [-0.3, -0.25) is 0 Å². The molecule has 0 bridgehead atoms. The van der Waals surface area contributed by atoms with Crippen LogP contribution in [-0.4, -0.2) is 26.2 Å². The maximum atomic E-state index is 6.11. The fourth-order valence-corrected chi connectivity index (χ4v) is 4.23. The summed E-state index contributed by atoms with van der Waals surface area (Å²) in [5, 5.41) is 0. The van der Waals surface area contributed by atoms with Gasteiger partial charge in [0.2, 0.25) is 0 Å². The van der Waals surface area contributed by atoms with Gasteiger partial charge in [-0.1, -0.05) is 62.4 Å². The quantitative estimate of drug-likeness (QED) is 0.751. The largest absolute Gasteiger partial charge is 0.493 e. The summed E-state index contributed by atoms with van der Waals surface area (Å²) < 4.78 is 6.11. The molecule has 3 rings (SSSR count). The Hall–Kier alpha value is -1.80. The summed E-state index contributed by atoms with van der Waals surface area (Å²) in [6, 6.07) is 18.9. The highest BCUT2D eigenvalue weighted by molar-refractivity contribution is 5.70. The van der Waals surface area contributed by atoms with E-state index in [2.05, 4.69) is 68.4 Å². The van der Waals surface area contributed by atoms with Gasteiger partial charge in [0.05, 0.1) is 26.2 Å². The van der Waals surface area contributed by atoms with Crippen molar-refractivity contribution in [2.75, 3.05) is 26.2 Å². The molecule has 0 spiro atoms. The molecule has 0 unspecified atom stereocenters. The van der Waals surface area contributed by atoms with Crippen LogP contribution in [0.5, 0.6) is 5.75 Å². The first-order valence-electron chi connectivity index (χ1n) is 9.83. The third-order valence-corrected chi connectivity index (χ3v) is 5.23. The van der Waals surface area contributed by atoms with Gasteiger partial charge in [0.1, 0.15) is 5.75 Å². The monoisotopic (exact) mass is 338 g/mol. The van der Waals surface area contributed by atoms with E-state index >= 15 is 0 Å². The third-order valence-electron chi connectivity index (χ3n) is 5.23. The van der Waals surface area contributed by atoms with E-state index < -0.39 is 0 Å². The Kier molecular flexibility index (Phi) is 6.52. The van der Waals surface area contributed by atoms with E-state index in [1.54, 1.807) is 4.90 Å². The van der Waals surface area contributed by atoms with E-state index in [0.29, 0.717) is 0 Å². The molecule has 1 heterocycles. The first kappa shape index (κ1) is 18.0. The van der Waals surface area contributed by atoms with Crippen molar-refractivity contribution in [1.82, 2.24) is 0 Å². The average Bonchev–Trinajstić information content (AvgIpc) is 2.62. The molecule has 1 N–H and O–H groups in total. The number of quaternary nitrogens is 1. The third kappa shape index (κ3) is 5.34. The Balaban J connectivity index is 1.45. The van der Waals surface area contributed by atoms with Crippen LogP contribution in [0.3, 0.4) is 0 Å². The normalized spacial score (nSPS) is 23.4. The summed E-state index contributed by atoms with van der Waals surface area (Å²) in [7, 11) is 0. The van der Waals surface area contributed by atoms with Crippen molar-refractivity contribution in [3.05, 3.63) is 54.6 Å². The van der Waals surface area contributed by atoms with E-state index in [4.69, 9.17) is 4.74 Å². The number of ether oxygens (including phenoxy) is 1. The summed E-state index contributed by atoms with van der Waals surface area (Å²) in [4.78, 5) is 1.79. The molecule has 0 radical (unpaired) electrons. The first-order valence-corrected chi connectivity index (χ1v) is 9.83. The van der Waals surface area contributed by atoms with Crippen molar-refractivity contribution in [2.24, 2.45) is 11.8 Å². The van der Waals surface area contributed by atoms with Crippen molar-refractivity contribution < 1.29 is 9.64 Å². The lowest BCUT2D eigenvalue weighted by atomic mass is 9.92. The fourth-order valence-electron chi connectivity index (χ4n) is 4.23. The number of piperidine rings is 1. The molecule has 2 heteroatoms. The van der Waals surface area contributed by atoms with Crippen molar-refractivity contribution in [2.45, 2.75) is 33.1 Å². The predicted molar refractivity (Wildman–Crippen MR) is 105 cm³/mol. The van der Waals surface area contributed by atoms with E-state index in [0.717, 1.165) is 30.6 Å². The summed E-state index contributed by atoms with van der Waals surface area (Å²) in [6.07, 6.45) is 3.79. The zero-order chi connectivity index (χ0) is 17.5. The molecule has 1 aliphatic rings. The Morgan fingerprint density at radius 1 is 0.880 bits per heavy atom. The minimum absolute atomic E-state index is 0.808. The fraction of sp³-hybridized carbons (Fsp3) is 0.478. The molecule has 0 saturated carbocycles. The van der Waals surface area contributed by atoms with Gasteiger partial charge >= 0.3 is 0 Å². The first-order chi connectivity index (χ1) is 12.2. The Morgan fingerprint density at radius 2 is 1.56 bits per heavy atom. The number of hydrogen-bond acceptors (Lipinski definition) is 1. The Labute approximate surface area is 152 Å². The van der Waals surface area contributed by atoms with Gasteiger partial charge in [-0.05, 0) is 30.9 Å². The standard InChI is InChI=1S/C23H31NO/c1-19-16-20(2)18-24(17-19)14-8-9-15-25-23-13-7-6-12-22(23)21-10-4-3-5-11-21/h3-7,10-13,19-20H,8-9,14-18H2,1-2H3/p+1/t19-,20-/m1/s1. The number of hydrogen-bond donors (Lipinski definition) is 1. The molecule has 2 aromatic rings. The number of rotatable bonds is 7. The van der Waals surface area contributed by atoms with Crippen LogP contribution >= 0.6 is 0 Å². The lowest BCUT2D eigenvalue weighted by Gasteiger charge is -2.32. The number of unbranched alkanes of at least 4 members (excludes halogenated alkanes) is 1. The van der Waals surface area contributed by atoms with Crippen molar-refractivity contribution >= 4 is 0 Å². The molecule has 2 nitrogen and oxygen atoms in total. The molecule has 25 heavy (non-hydrogen) atoms. The lowest BCUT2D eigenvalue weighted by Crippen LogP contribution is -3.14. The van der Waals surface area contributed by atoms with Crippen LogP contribution < -0.4 is 9.64 Å². The van der Waals surface area contributed by atoms with E-state index in [1.807, 2.05) is 0 Å². The second-order valence-corrected chi connectivity index (χ2v) is 7.77. The van der Waals surface area contributed by atoms with Gasteiger partial charge in [-0.25, -0.2) is 0 Å². The topological polar surface area (TPSA) is 13.7 Å². The van der Waals surface area contributed by atoms with Crippen LogP contribution in [0.25, 0.3) is 11.1 Å². The van der Waals surface area contributed by atoms with E-state index in [-0.39, 0.29) is 0 Å². The number of nitrogens with one attached hydrogen (secondary N) is 1. The second kappa shape index (κ2) is 9.05. The minimum atomic E-state index is 0.808. The van der Waals surface area contributed by atoms with Crippen molar-refractivity contribution in [1.29, 1.82) is 0 Å². The van der Waals surface area contributed by atoms with Crippen LogP contribution in [-0.2, 0) is 0 Å². The SMILES string of the molecule is C[C@@H]1C[C@@H](C)C[NH+](CCCCOc2ccccc2-c2ccccc2)C1.